The van der Waals surface area contributed by atoms with Crippen molar-refractivity contribution in [3.05, 3.63) is 0 Å². The van der Waals surface area contributed by atoms with E-state index in [9.17, 15) is 0 Å². The van der Waals surface area contributed by atoms with Crippen molar-refractivity contribution >= 4 is 0 Å². The summed E-state index contributed by atoms with van der Waals surface area (Å²) in [4.78, 5) is 0. The maximum Gasteiger partial charge on any atom is 0.0808 e. The van der Waals surface area contributed by atoms with Crippen molar-refractivity contribution < 1.29 is 9.47 Å². The molecular weight excluding hydrogens is 166 g/mol. The topological polar surface area (TPSA) is 44.5 Å². The average molecular weight is 187 g/mol. The maximum atomic E-state index is 5.60. The van der Waals surface area contributed by atoms with Crippen molar-refractivity contribution in [1.82, 2.24) is 0 Å². The van der Waals surface area contributed by atoms with Gasteiger partial charge in [-0.3, -0.25) is 0 Å². The van der Waals surface area contributed by atoms with E-state index in [1.54, 1.807) is 0 Å². The van der Waals surface area contributed by atoms with Gasteiger partial charge in [-0.15, -0.1) is 0 Å². The van der Waals surface area contributed by atoms with E-state index in [0.29, 0.717) is 6.10 Å². The number of rotatable bonds is 5. The van der Waals surface area contributed by atoms with Crippen molar-refractivity contribution in [2.24, 2.45) is 5.73 Å². The van der Waals surface area contributed by atoms with E-state index in [4.69, 9.17) is 15.2 Å². The molecule has 0 saturated carbocycles. The molecule has 78 valence electrons. The van der Waals surface area contributed by atoms with E-state index >= 15 is 0 Å². The molecule has 0 aliphatic carbocycles. The highest BCUT2D eigenvalue weighted by Gasteiger charge is 2.13. The smallest absolute Gasteiger partial charge is 0.0808 e. The third kappa shape index (κ3) is 5.24. The summed E-state index contributed by atoms with van der Waals surface area (Å²) in [6, 6.07) is 0.243. The Hall–Kier alpha value is -0.120. The molecule has 0 bridgehead atoms. The van der Waals surface area contributed by atoms with Gasteiger partial charge in [0.25, 0.3) is 0 Å². The van der Waals surface area contributed by atoms with Crippen molar-refractivity contribution in [2.75, 3.05) is 19.8 Å². The van der Waals surface area contributed by atoms with Gasteiger partial charge >= 0.3 is 0 Å². The van der Waals surface area contributed by atoms with Gasteiger partial charge in [-0.05, 0) is 32.6 Å². The summed E-state index contributed by atoms with van der Waals surface area (Å²) in [5.74, 6) is 0. The highest BCUT2D eigenvalue weighted by Crippen LogP contribution is 2.12. The van der Waals surface area contributed by atoms with E-state index in [1.165, 1.54) is 12.8 Å². The Kier molecular flexibility index (Phi) is 5.35. The first kappa shape index (κ1) is 11.0. The second-order valence-corrected chi connectivity index (χ2v) is 3.83. The molecule has 3 nitrogen and oxygen atoms in total. The molecule has 2 atom stereocenters. The van der Waals surface area contributed by atoms with Gasteiger partial charge in [0.2, 0.25) is 0 Å². The van der Waals surface area contributed by atoms with E-state index in [2.05, 4.69) is 0 Å². The zero-order valence-corrected chi connectivity index (χ0v) is 8.50. The van der Waals surface area contributed by atoms with Crippen LogP contribution in [0, 0.1) is 0 Å². The second kappa shape index (κ2) is 6.35. The Morgan fingerprint density at radius 3 is 3.00 bits per heavy atom. The lowest BCUT2D eigenvalue weighted by Gasteiger charge is -2.22. The zero-order chi connectivity index (χ0) is 9.52. The molecule has 0 aromatic carbocycles. The maximum absolute atomic E-state index is 5.60. The minimum Gasteiger partial charge on any atom is -0.379 e. The standard InChI is InChI=1S/C10H21NO2/c1-9(11)5-7-12-8-10-4-2-3-6-13-10/h9-10H,2-8,11H2,1H3. The molecule has 2 unspecified atom stereocenters. The molecule has 1 fully saturated rings. The third-order valence-corrected chi connectivity index (χ3v) is 2.30. The van der Waals surface area contributed by atoms with E-state index < -0.39 is 0 Å². The van der Waals surface area contributed by atoms with Gasteiger partial charge in [-0.25, -0.2) is 0 Å². The van der Waals surface area contributed by atoms with E-state index in [-0.39, 0.29) is 6.04 Å². The highest BCUT2D eigenvalue weighted by atomic mass is 16.5. The summed E-state index contributed by atoms with van der Waals surface area (Å²) in [5.41, 5.74) is 5.60. The van der Waals surface area contributed by atoms with Gasteiger partial charge in [0, 0.05) is 19.3 Å². The van der Waals surface area contributed by atoms with Crippen molar-refractivity contribution in [3.63, 3.8) is 0 Å². The van der Waals surface area contributed by atoms with E-state index in [1.807, 2.05) is 6.92 Å². The predicted molar refractivity (Wildman–Crippen MR) is 52.7 cm³/mol. The third-order valence-electron chi connectivity index (χ3n) is 2.30. The molecule has 0 aromatic rings. The second-order valence-electron chi connectivity index (χ2n) is 3.83. The first-order valence-corrected chi connectivity index (χ1v) is 5.24. The summed E-state index contributed by atoms with van der Waals surface area (Å²) < 4.78 is 11.0. The molecular formula is C10H21NO2. The molecule has 0 radical (unpaired) electrons. The molecule has 13 heavy (non-hydrogen) atoms. The molecule has 1 aliphatic rings. The number of nitrogens with two attached hydrogens (primary N) is 1. The molecule has 1 aliphatic heterocycles. The van der Waals surface area contributed by atoms with Crippen LogP contribution in [0.4, 0.5) is 0 Å². The van der Waals surface area contributed by atoms with Crippen LogP contribution in [0.25, 0.3) is 0 Å². The number of ether oxygens (including phenoxy) is 2. The van der Waals surface area contributed by atoms with Crippen LogP contribution in [0.2, 0.25) is 0 Å². The van der Waals surface area contributed by atoms with Crippen LogP contribution in [-0.2, 0) is 9.47 Å². The quantitative estimate of drug-likeness (QED) is 0.660. The summed E-state index contributed by atoms with van der Waals surface area (Å²) >= 11 is 0. The normalized spacial score (nSPS) is 25.8. The Morgan fingerprint density at radius 1 is 1.54 bits per heavy atom. The molecule has 1 rings (SSSR count). The van der Waals surface area contributed by atoms with Gasteiger partial charge in [0.1, 0.15) is 0 Å². The van der Waals surface area contributed by atoms with Crippen molar-refractivity contribution in [3.8, 4) is 0 Å². The lowest BCUT2D eigenvalue weighted by Crippen LogP contribution is -2.25. The van der Waals surface area contributed by atoms with Gasteiger partial charge in [0.15, 0.2) is 0 Å². The lowest BCUT2D eigenvalue weighted by molar-refractivity contribution is -0.0413. The Bertz CT molecular complexity index is 122. The van der Waals surface area contributed by atoms with Crippen LogP contribution in [0.1, 0.15) is 32.6 Å². The molecule has 1 heterocycles. The van der Waals surface area contributed by atoms with Gasteiger partial charge in [0.05, 0.1) is 12.7 Å². The SMILES string of the molecule is CC(N)CCOCC1CCCCO1. The fraction of sp³-hybridized carbons (Fsp3) is 1.00. The number of hydrogen-bond acceptors (Lipinski definition) is 3. The first-order valence-electron chi connectivity index (χ1n) is 5.24. The van der Waals surface area contributed by atoms with Gasteiger partial charge in [-0.2, -0.15) is 0 Å². The summed E-state index contributed by atoms with van der Waals surface area (Å²) in [7, 11) is 0. The molecule has 1 saturated heterocycles. The lowest BCUT2D eigenvalue weighted by atomic mass is 10.1. The van der Waals surface area contributed by atoms with Gasteiger partial charge < -0.3 is 15.2 Å². The van der Waals surface area contributed by atoms with Crippen molar-refractivity contribution in [1.29, 1.82) is 0 Å². The summed E-state index contributed by atoms with van der Waals surface area (Å²) in [5, 5.41) is 0. The molecule has 2 N–H and O–H groups in total. The molecule has 0 spiro atoms. The average Bonchev–Trinajstić information content (AvgIpc) is 2.14. The predicted octanol–water partition coefficient (Wildman–Crippen LogP) is 1.31. The first-order chi connectivity index (χ1) is 6.29. The van der Waals surface area contributed by atoms with Crippen LogP contribution in [0.5, 0.6) is 0 Å². The Morgan fingerprint density at radius 2 is 2.38 bits per heavy atom. The molecule has 0 amide bonds. The Labute approximate surface area is 80.6 Å². The van der Waals surface area contributed by atoms with Crippen LogP contribution in [-0.4, -0.2) is 32.0 Å². The van der Waals surface area contributed by atoms with Gasteiger partial charge in [-0.1, -0.05) is 0 Å². The zero-order valence-electron chi connectivity index (χ0n) is 8.50. The van der Waals surface area contributed by atoms with Crippen LogP contribution < -0.4 is 5.73 Å². The Balaban J connectivity index is 1.92. The minimum atomic E-state index is 0.243. The fourth-order valence-electron chi connectivity index (χ4n) is 1.42. The fourth-order valence-corrected chi connectivity index (χ4v) is 1.42. The van der Waals surface area contributed by atoms with Crippen LogP contribution in [0.3, 0.4) is 0 Å². The molecule has 0 aromatic heterocycles. The van der Waals surface area contributed by atoms with Crippen LogP contribution >= 0.6 is 0 Å². The number of hydrogen-bond donors (Lipinski definition) is 1. The van der Waals surface area contributed by atoms with Crippen molar-refractivity contribution in [2.45, 2.75) is 44.8 Å². The minimum absolute atomic E-state index is 0.243. The van der Waals surface area contributed by atoms with Crippen LogP contribution in [0.15, 0.2) is 0 Å². The summed E-state index contributed by atoms with van der Waals surface area (Å²) in [6.07, 6.45) is 4.91. The largest absolute Gasteiger partial charge is 0.379 e. The monoisotopic (exact) mass is 187 g/mol. The highest BCUT2D eigenvalue weighted by molar-refractivity contribution is 4.62. The molecule has 3 heteroatoms. The van der Waals surface area contributed by atoms with E-state index in [0.717, 1.165) is 32.7 Å². The summed E-state index contributed by atoms with van der Waals surface area (Å²) in [6.45, 7) is 4.41.